The van der Waals surface area contributed by atoms with Crippen molar-refractivity contribution < 1.29 is 13.6 Å². The fourth-order valence-electron chi connectivity index (χ4n) is 4.09. The molecule has 1 saturated heterocycles. The number of aromatic nitrogens is 4. The minimum atomic E-state index is -0.663. The van der Waals surface area contributed by atoms with Gasteiger partial charge in [0.05, 0.1) is 24.0 Å². The van der Waals surface area contributed by atoms with E-state index in [2.05, 4.69) is 20.4 Å². The molecule has 31 heavy (non-hydrogen) atoms. The molecule has 0 saturated carbocycles. The van der Waals surface area contributed by atoms with Gasteiger partial charge in [-0.25, -0.2) is 18.3 Å². The van der Waals surface area contributed by atoms with Gasteiger partial charge in [0.1, 0.15) is 17.5 Å². The summed E-state index contributed by atoms with van der Waals surface area (Å²) in [7, 11) is 0. The summed E-state index contributed by atoms with van der Waals surface area (Å²) < 4.78 is 31.7. The average molecular weight is 422 g/mol. The molecule has 1 amide bonds. The first-order chi connectivity index (χ1) is 14.9. The third-order valence-electron chi connectivity index (χ3n) is 5.82. The molecule has 4 heterocycles. The van der Waals surface area contributed by atoms with Crippen molar-refractivity contribution in [1.82, 2.24) is 24.9 Å². The zero-order chi connectivity index (χ0) is 21.7. The van der Waals surface area contributed by atoms with Gasteiger partial charge >= 0.3 is 0 Å². The number of carbonyl (C=O) groups excluding carboxylic acids is 1. The predicted molar refractivity (Wildman–Crippen MR) is 112 cm³/mol. The van der Waals surface area contributed by atoms with Crippen molar-refractivity contribution in [2.24, 2.45) is 0 Å². The largest absolute Gasteiger partial charge is 0.353 e. The molecule has 7 nitrogen and oxygen atoms in total. The van der Waals surface area contributed by atoms with E-state index in [0.717, 1.165) is 0 Å². The molecule has 0 aliphatic carbocycles. The van der Waals surface area contributed by atoms with E-state index in [0.29, 0.717) is 23.7 Å². The summed E-state index contributed by atoms with van der Waals surface area (Å²) in [6.45, 7) is 4.43. The Bertz CT molecular complexity index is 1320. The highest BCUT2D eigenvalue weighted by Crippen LogP contribution is 2.33. The molecule has 158 valence electrons. The van der Waals surface area contributed by atoms with Gasteiger partial charge in [0.15, 0.2) is 5.65 Å². The molecule has 2 atom stereocenters. The Morgan fingerprint density at radius 1 is 1.23 bits per heavy atom. The third kappa shape index (κ3) is 3.17. The van der Waals surface area contributed by atoms with Crippen molar-refractivity contribution in [3.8, 4) is 0 Å². The SMILES string of the molecule is CC(c1c(F)cc2ncccc2c1F)c1cnc2ccc(N3CC(=O)NCC3C)nn12. The molecular weight excluding hydrogens is 402 g/mol. The van der Waals surface area contributed by atoms with Gasteiger partial charge in [-0.1, -0.05) is 6.92 Å². The van der Waals surface area contributed by atoms with E-state index in [9.17, 15) is 9.18 Å². The van der Waals surface area contributed by atoms with E-state index in [4.69, 9.17) is 0 Å². The lowest BCUT2D eigenvalue weighted by Gasteiger charge is -2.33. The van der Waals surface area contributed by atoms with Crippen LogP contribution in [0.1, 0.15) is 31.0 Å². The van der Waals surface area contributed by atoms with Crippen LogP contribution in [0.2, 0.25) is 0 Å². The predicted octanol–water partition coefficient (Wildman–Crippen LogP) is 3.03. The van der Waals surface area contributed by atoms with Gasteiger partial charge in [-0.15, -0.1) is 5.10 Å². The van der Waals surface area contributed by atoms with Crippen molar-refractivity contribution >= 4 is 28.3 Å². The van der Waals surface area contributed by atoms with E-state index in [1.807, 2.05) is 11.8 Å². The number of halogens is 2. The summed E-state index contributed by atoms with van der Waals surface area (Å²) in [5, 5.41) is 7.75. The number of hydrogen-bond acceptors (Lipinski definition) is 5. The molecule has 1 aromatic carbocycles. The van der Waals surface area contributed by atoms with Crippen molar-refractivity contribution in [3.05, 3.63) is 65.6 Å². The van der Waals surface area contributed by atoms with E-state index >= 15 is 4.39 Å². The van der Waals surface area contributed by atoms with Gasteiger partial charge in [-0.3, -0.25) is 9.78 Å². The highest BCUT2D eigenvalue weighted by atomic mass is 19.1. The van der Waals surface area contributed by atoms with Crippen LogP contribution in [0, 0.1) is 11.6 Å². The van der Waals surface area contributed by atoms with E-state index in [1.54, 1.807) is 41.9 Å². The number of anilines is 1. The Hall–Kier alpha value is -3.62. The number of imidazole rings is 1. The Balaban J connectivity index is 1.61. The molecule has 1 aliphatic rings. The van der Waals surface area contributed by atoms with Gasteiger partial charge in [0.2, 0.25) is 5.91 Å². The number of carbonyl (C=O) groups is 1. The highest BCUT2D eigenvalue weighted by molar-refractivity contribution is 5.82. The quantitative estimate of drug-likeness (QED) is 0.549. The molecule has 4 aromatic rings. The molecule has 2 unspecified atom stereocenters. The summed E-state index contributed by atoms with van der Waals surface area (Å²) in [5.41, 5.74) is 1.32. The first-order valence-corrected chi connectivity index (χ1v) is 10.0. The fourth-order valence-corrected chi connectivity index (χ4v) is 4.09. The minimum absolute atomic E-state index is 0.0554. The second-order valence-corrected chi connectivity index (χ2v) is 7.80. The molecule has 5 rings (SSSR count). The number of piperazine rings is 1. The molecule has 1 N–H and O–H groups in total. The van der Waals surface area contributed by atoms with Gasteiger partial charge in [-0.05, 0) is 31.2 Å². The number of nitrogens with one attached hydrogen (secondary N) is 1. The molecular formula is C22H20F2N6O. The van der Waals surface area contributed by atoms with Crippen LogP contribution < -0.4 is 10.2 Å². The lowest BCUT2D eigenvalue weighted by Crippen LogP contribution is -2.53. The number of pyridine rings is 1. The molecule has 3 aromatic heterocycles. The van der Waals surface area contributed by atoms with Crippen LogP contribution in [0.25, 0.3) is 16.6 Å². The Morgan fingerprint density at radius 2 is 2.06 bits per heavy atom. The van der Waals surface area contributed by atoms with Crippen LogP contribution in [0.5, 0.6) is 0 Å². The number of benzene rings is 1. The van der Waals surface area contributed by atoms with Crippen LogP contribution in [0.3, 0.4) is 0 Å². The Labute approximate surface area is 176 Å². The molecule has 0 spiro atoms. The smallest absolute Gasteiger partial charge is 0.239 e. The summed E-state index contributed by atoms with van der Waals surface area (Å²) in [4.78, 5) is 22.2. The number of amides is 1. The van der Waals surface area contributed by atoms with Crippen LogP contribution in [-0.2, 0) is 4.79 Å². The highest BCUT2D eigenvalue weighted by Gasteiger charge is 2.27. The zero-order valence-corrected chi connectivity index (χ0v) is 17.0. The maximum absolute atomic E-state index is 15.3. The molecule has 1 aliphatic heterocycles. The lowest BCUT2D eigenvalue weighted by atomic mass is 9.95. The van der Waals surface area contributed by atoms with Crippen molar-refractivity contribution in [2.75, 3.05) is 18.0 Å². The standard InChI is InChI=1S/C22H20F2N6O/c1-12-9-27-20(31)11-29(12)19-6-5-18-26-10-17(30(18)28-19)13(2)21-15(23)8-16-14(22(21)24)4-3-7-25-16/h3-8,10,12-13H,9,11H2,1-2H3,(H,27,31). The second-order valence-electron chi connectivity index (χ2n) is 7.80. The van der Waals surface area contributed by atoms with Gasteiger partial charge in [-0.2, -0.15) is 0 Å². The lowest BCUT2D eigenvalue weighted by molar-refractivity contribution is -0.120. The average Bonchev–Trinajstić information content (AvgIpc) is 3.18. The molecule has 1 fully saturated rings. The second kappa shape index (κ2) is 7.26. The number of hydrogen-bond donors (Lipinski definition) is 1. The topological polar surface area (TPSA) is 75.4 Å². The summed E-state index contributed by atoms with van der Waals surface area (Å²) in [6, 6.07) is 8.11. The molecule has 0 radical (unpaired) electrons. The number of nitrogens with zero attached hydrogens (tertiary/aromatic N) is 5. The van der Waals surface area contributed by atoms with Crippen molar-refractivity contribution in [2.45, 2.75) is 25.8 Å². The summed E-state index contributed by atoms with van der Waals surface area (Å²) in [5.74, 6) is -1.42. The fraction of sp³-hybridized carbons (Fsp3) is 0.273. The first kappa shape index (κ1) is 19.3. The monoisotopic (exact) mass is 422 g/mol. The van der Waals surface area contributed by atoms with Crippen LogP contribution >= 0.6 is 0 Å². The molecule has 0 bridgehead atoms. The minimum Gasteiger partial charge on any atom is -0.353 e. The summed E-state index contributed by atoms with van der Waals surface area (Å²) >= 11 is 0. The maximum Gasteiger partial charge on any atom is 0.239 e. The zero-order valence-electron chi connectivity index (χ0n) is 17.0. The van der Waals surface area contributed by atoms with Crippen LogP contribution in [0.4, 0.5) is 14.6 Å². The summed E-state index contributed by atoms with van der Waals surface area (Å²) in [6.07, 6.45) is 3.08. The third-order valence-corrected chi connectivity index (χ3v) is 5.82. The van der Waals surface area contributed by atoms with Crippen molar-refractivity contribution in [1.29, 1.82) is 0 Å². The number of rotatable bonds is 3. The molecule has 9 heteroatoms. The Morgan fingerprint density at radius 3 is 2.90 bits per heavy atom. The van der Waals surface area contributed by atoms with Gasteiger partial charge < -0.3 is 10.2 Å². The first-order valence-electron chi connectivity index (χ1n) is 10.0. The van der Waals surface area contributed by atoms with E-state index in [-0.39, 0.29) is 35.0 Å². The van der Waals surface area contributed by atoms with Crippen molar-refractivity contribution in [3.63, 3.8) is 0 Å². The van der Waals surface area contributed by atoms with E-state index < -0.39 is 17.6 Å². The van der Waals surface area contributed by atoms with Gasteiger partial charge in [0, 0.05) is 41.7 Å². The Kier molecular flexibility index (Phi) is 4.53. The maximum atomic E-state index is 15.3. The normalized spacial score (nSPS) is 17.9. The van der Waals surface area contributed by atoms with Crippen LogP contribution in [-0.4, -0.2) is 44.6 Å². The van der Waals surface area contributed by atoms with Crippen LogP contribution in [0.15, 0.2) is 42.7 Å². The number of fused-ring (bicyclic) bond motifs is 2. The van der Waals surface area contributed by atoms with E-state index in [1.165, 1.54) is 12.3 Å². The van der Waals surface area contributed by atoms with Gasteiger partial charge in [0.25, 0.3) is 0 Å².